The lowest BCUT2D eigenvalue weighted by Crippen LogP contribution is -2.42. The van der Waals surface area contributed by atoms with Crippen molar-refractivity contribution in [2.45, 2.75) is 52.0 Å². The van der Waals surface area contributed by atoms with E-state index in [0.717, 1.165) is 37.8 Å². The summed E-state index contributed by atoms with van der Waals surface area (Å²) in [6.07, 6.45) is 7.99. The fraction of sp³-hybridized carbons (Fsp3) is 0.632. The van der Waals surface area contributed by atoms with Crippen LogP contribution in [0.25, 0.3) is 0 Å². The molecule has 1 fully saturated rings. The van der Waals surface area contributed by atoms with E-state index in [1.165, 1.54) is 0 Å². The van der Waals surface area contributed by atoms with Crippen LogP contribution in [0.3, 0.4) is 0 Å². The van der Waals surface area contributed by atoms with Crippen molar-refractivity contribution in [3.63, 3.8) is 0 Å². The third-order valence-corrected chi connectivity index (χ3v) is 4.46. The predicted molar refractivity (Wildman–Crippen MR) is 101 cm³/mol. The lowest BCUT2D eigenvalue weighted by atomic mass is 10.1. The van der Waals surface area contributed by atoms with Crippen LogP contribution in [0.5, 0.6) is 0 Å². The Balaban J connectivity index is 1.81. The Labute approximate surface area is 155 Å². The zero-order valence-electron chi connectivity index (χ0n) is 15.8. The summed E-state index contributed by atoms with van der Waals surface area (Å²) in [5, 5.41) is 6.35. The van der Waals surface area contributed by atoms with Crippen molar-refractivity contribution < 1.29 is 14.3 Å². The Kier molecular flexibility index (Phi) is 8.18. The molecule has 144 valence electrons. The lowest BCUT2D eigenvalue weighted by molar-refractivity contribution is 0.0950. The molecular weight excluding hydrogens is 332 g/mol. The molecule has 7 nitrogen and oxygen atoms in total. The van der Waals surface area contributed by atoms with Crippen molar-refractivity contribution in [3.05, 3.63) is 24.0 Å². The monoisotopic (exact) mass is 362 g/mol. The first-order valence-corrected chi connectivity index (χ1v) is 9.55. The minimum Gasteiger partial charge on any atom is -0.450 e. The summed E-state index contributed by atoms with van der Waals surface area (Å²) in [4.78, 5) is 29.8. The van der Waals surface area contributed by atoms with Gasteiger partial charge in [0.15, 0.2) is 0 Å². The topological polar surface area (TPSA) is 83.6 Å². The van der Waals surface area contributed by atoms with E-state index >= 15 is 0 Å². The van der Waals surface area contributed by atoms with E-state index in [0.29, 0.717) is 31.8 Å². The maximum atomic E-state index is 12.2. The molecule has 0 aromatic carbocycles. The highest BCUT2D eigenvalue weighted by molar-refractivity contribution is 5.94. The summed E-state index contributed by atoms with van der Waals surface area (Å²) in [6, 6.07) is 2.09. The van der Waals surface area contributed by atoms with Crippen molar-refractivity contribution in [1.29, 1.82) is 0 Å². The summed E-state index contributed by atoms with van der Waals surface area (Å²) >= 11 is 0. The Morgan fingerprint density at radius 2 is 2.00 bits per heavy atom. The van der Waals surface area contributed by atoms with Gasteiger partial charge in [-0.15, -0.1) is 0 Å². The maximum absolute atomic E-state index is 12.2. The van der Waals surface area contributed by atoms with Gasteiger partial charge < -0.3 is 20.3 Å². The third kappa shape index (κ3) is 6.20. The molecule has 0 unspecified atom stereocenters. The van der Waals surface area contributed by atoms with E-state index in [4.69, 9.17) is 4.74 Å². The first-order valence-electron chi connectivity index (χ1n) is 9.55. The highest BCUT2D eigenvalue weighted by Crippen LogP contribution is 2.17. The third-order valence-electron chi connectivity index (χ3n) is 4.46. The van der Waals surface area contributed by atoms with E-state index in [-0.39, 0.29) is 18.0 Å². The molecule has 1 saturated heterocycles. The number of carbonyl (C=O) groups excluding carboxylic acids is 2. The zero-order valence-corrected chi connectivity index (χ0v) is 15.8. The first-order chi connectivity index (χ1) is 12.6. The maximum Gasteiger partial charge on any atom is 0.409 e. The smallest absolute Gasteiger partial charge is 0.409 e. The summed E-state index contributed by atoms with van der Waals surface area (Å²) in [6.45, 7) is 6.37. The average Bonchev–Trinajstić information content (AvgIpc) is 2.66. The minimum absolute atomic E-state index is 0.0885. The number of carbonyl (C=O) groups is 2. The Morgan fingerprint density at radius 3 is 2.69 bits per heavy atom. The number of ether oxygens (including phenoxy) is 1. The quantitative estimate of drug-likeness (QED) is 0.695. The van der Waals surface area contributed by atoms with Crippen molar-refractivity contribution in [2.24, 2.45) is 0 Å². The summed E-state index contributed by atoms with van der Waals surface area (Å²) in [5.41, 5.74) is 1.40. The molecule has 7 heteroatoms. The SMILES string of the molecule is CCCCCNC(=O)c1cncc(NC2CCN(C(=O)OCC)CC2)c1. The molecule has 2 rings (SSSR count). The summed E-state index contributed by atoms with van der Waals surface area (Å²) in [7, 11) is 0. The summed E-state index contributed by atoms with van der Waals surface area (Å²) in [5.74, 6) is -0.0885. The van der Waals surface area contributed by atoms with Crippen molar-refractivity contribution >= 4 is 17.7 Å². The molecule has 2 amide bonds. The van der Waals surface area contributed by atoms with Gasteiger partial charge in [0.2, 0.25) is 0 Å². The number of rotatable bonds is 8. The molecule has 26 heavy (non-hydrogen) atoms. The van der Waals surface area contributed by atoms with Gasteiger partial charge in [-0.05, 0) is 32.3 Å². The standard InChI is InChI=1S/C19H30N4O3/c1-3-5-6-9-21-18(24)15-12-17(14-20-13-15)22-16-7-10-23(11-8-16)19(25)26-4-2/h12-14,16,22H,3-11H2,1-2H3,(H,21,24). The molecule has 0 radical (unpaired) electrons. The lowest BCUT2D eigenvalue weighted by Gasteiger charge is -2.32. The van der Waals surface area contributed by atoms with Crippen LogP contribution in [0.1, 0.15) is 56.3 Å². The van der Waals surface area contributed by atoms with E-state index in [1.807, 2.05) is 13.0 Å². The normalized spacial score (nSPS) is 14.8. The zero-order chi connectivity index (χ0) is 18.8. The van der Waals surface area contributed by atoms with Gasteiger partial charge in [0.05, 0.1) is 17.9 Å². The number of hydrogen-bond donors (Lipinski definition) is 2. The van der Waals surface area contributed by atoms with E-state index < -0.39 is 0 Å². The van der Waals surface area contributed by atoms with Gasteiger partial charge in [-0.3, -0.25) is 9.78 Å². The second-order valence-electron chi connectivity index (χ2n) is 6.53. The van der Waals surface area contributed by atoms with Crippen LogP contribution in [-0.2, 0) is 4.74 Å². The van der Waals surface area contributed by atoms with Crippen LogP contribution < -0.4 is 10.6 Å². The highest BCUT2D eigenvalue weighted by Gasteiger charge is 2.23. The van der Waals surface area contributed by atoms with Crippen LogP contribution in [0, 0.1) is 0 Å². The molecular formula is C19H30N4O3. The van der Waals surface area contributed by atoms with Crippen LogP contribution >= 0.6 is 0 Å². The molecule has 1 aromatic heterocycles. The molecule has 2 N–H and O–H groups in total. The molecule has 0 saturated carbocycles. The van der Waals surface area contributed by atoms with Gasteiger partial charge in [0.1, 0.15) is 0 Å². The second-order valence-corrected chi connectivity index (χ2v) is 6.53. The van der Waals surface area contributed by atoms with Crippen molar-refractivity contribution in [2.75, 3.05) is 31.6 Å². The van der Waals surface area contributed by atoms with Crippen LogP contribution in [0.15, 0.2) is 18.5 Å². The number of nitrogens with zero attached hydrogens (tertiary/aromatic N) is 2. The van der Waals surface area contributed by atoms with E-state index in [9.17, 15) is 9.59 Å². The molecule has 1 aromatic rings. The predicted octanol–water partition coefficient (Wildman–Crippen LogP) is 3.03. The highest BCUT2D eigenvalue weighted by atomic mass is 16.6. The van der Waals surface area contributed by atoms with Gasteiger partial charge in [0, 0.05) is 38.1 Å². The van der Waals surface area contributed by atoms with Gasteiger partial charge in [0.25, 0.3) is 5.91 Å². The largest absolute Gasteiger partial charge is 0.450 e. The van der Waals surface area contributed by atoms with Gasteiger partial charge in [-0.25, -0.2) is 4.79 Å². The Bertz CT molecular complexity index is 586. The molecule has 1 aliphatic heterocycles. The fourth-order valence-corrected chi connectivity index (χ4v) is 2.98. The molecule has 0 spiro atoms. The number of piperidine rings is 1. The number of aromatic nitrogens is 1. The molecule has 1 aliphatic rings. The number of pyridine rings is 1. The number of nitrogens with one attached hydrogen (secondary N) is 2. The van der Waals surface area contributed by atoms with Gasteiger partial charge in [-0.2, -0.15) is 0 Å². The van der Waals surface area contributed by atoms with Crippen LogP contribution in [0.4, 0.5) is 10.5 Å². The average molecular weight is 362 g/mol. The Morgan fingerprint density at radius 1 is 1.23 bits per heavy atom. The van der Waals surface area contributed by atoms with Crippen LogP contribution in [-0.4, -0.2) is 54.2 Å². The van der Waals surface area contributed by atoms with E-state index in [1.54, 1.807) is 17.3 Å². The van der Waals surface area contributed by atoms with Crippen molar-refractivity contribution in [3.8, 4) is 0 Å². The summed E-state index contributed by atoms with van der Waals surface area (Å²) < 4.78 is 5.04. The van der Waals surface area contributed by atoms with Gasteiger partial charge >= 0.3 is 6.09 Å². The first kappa shape index (κ1) is 20.0. The molecule has 2 heterocycles. The number of amides is 2. The fourth-order valence-electron chi connectivity index (χ4n) is 2.98. The number of unbranched alkanes of at least 4 members (excludes halogenated alkanes) is 2. The molecule has 0 aliphatic carbocycles. The second kappa shape index (κ2) is 10.6. The Hall–Kier alpha value is -2.31. The van der Waals surface area contributed by atoms with Crippen LogP contribution in [0.2, 0.25) is 0 Å². The molecule has 0 atom stereocenters. The minimum atomic E-state index is -0.241. The number of hydrogen-bond acceptors (Lipinski definition) is 5. The van der Waals surface area contributed by atoms with E-state index in [2.05, 4.69) is 22.5 Å². The molecule has 0 bridgehead atoms. The van der Waals surface area contributed by atoms with Crippen molar-refractivity contribution in [1.82, 2.24) is 15.2 Å². The van der Waals surface area contributed by atoms with Gasteiger partial charge in [-0.1, -0.05) is 19.8 Å². The number of likely N-dealkylation sites (tertiary alicyclic amines) is 1. The number of anilines is 1.